The number of anilines is 1. The molecule has 1 aliphatic carbocycles. The molecule has 0 bridgehead atoms. The van der Waals surface area contributed by atoms with E-state index in [1.165, 1.54) is 0 Å². The van der Waals surface area contributed by atoms with Gasteiger partial charge in [-0.05, 0) is 31.7 Å². The van der Waals surface area contributed by atoms with Crippen molar-refractivity contribution in [3.8, 4) is 5.75 Å². The Kier molecular flexibility index (Phi) is 4.28. The number of carbonyl (C=O) groups excluding carboxylic acids is 3. The van der Waals surface area contributed by atoms with Gasteiger partial charge in [0.05, 0.1) is 17.8 Å². The minimum Gasteiger partial charge on any atom is -0.437 e. The lowest BCUT2D eigenvalue weighted by Crippen LogP contribution is -2.32. The van der Waals surface area contributed by atoms with E-state index in [9.17, 15) is 18.8 Å². The van der Waals surface area contributed by atoms with Gasteiger partial charge >= 0.3 is 6.16 Å². The summed E-state index contributed by atoms with van der Waals surface area (Å²) < 4.78 is 23.5. The molecule has 0 saturated carbocycles. The fraction of sp³-hybridized carbons (Fsp3) is 0.312. The van der Waals surface area contributed by atoms with E-state index in [4.69, 9.17) is 16.3 Å². The van der Waals surface area contributed by atoms with Gasteiger partial charge in [-0.15, -0.1) is 0 Å². The second-order valence-electron chi connectivity index (χ2n) is 5.40. The van der Waals surface area contributed by atoms with Gasteiger partial charge < -0.3 is 9.47 Å². The monoisotopic (exact) mass is 353 g/mol. The lowest BCUT2D eigenvalue weighted by molar-refractivity contribution is -0.120. The standard InChI is InChI=1S/C16H13ClFNO5/c1-23-16(22)24-13-7-12(11(18)6-10(13)17)19-14(20)8-4-2-3-5-9(8)15(19)21/h6-7H,2-5H2,1H3. The third kappa shape index (κ3) is 2.65. The van der Waals surface area contributed by atoms with E-state index in [0.29, 0.717) is 24.0 Å². The minimum absolute atomic E-state index is 0.182. The van der Waals surface area contributed by atoms with Crippen molar-refractivity contribution in [1.82, 2.24) is 0 Å². The molecule has 0 spiro atoms. The Morgan fingerprint density at radius 2 is 1.75 bits per heavy atom. The van der Waals surface area contributed by atoms with Crippen LogP contribution in [0.15, 0.2) is 23.3 Å². The zero-order chi connectivity index (χ0) is 17.4. The lowest BCUT2D eigenvalue weighted by Gasteiger charge is -2.17. The van der Waals surface area contributed by atoms with Crippen LogP contribution in [0, 0.1) is 5.82 Å². The molecule has 0 atom stereocenters. The van der Waals surface area contributed by atoms with E-state index in [0.717, 1.165) is 37.0 Å². The van der Waals surface area contributed by atoms with Crippen LogP contribution in [-0.4, -0.2) is 25.1 Å². The van der Waals surface area contributed by atoms with Gasteiger partial charge in [0.1, 0.15) is 5.82 Å². The van der Waals surface area contributed by atoms with E-state index in [-0.39, 0.29) is 16.5 Å². The highest BCUT2D eigenvalue weighted by Gasteiger charge is 2.41. The van der Waals surface area contributed by atoms with Crippen LogP contribution in [0.2, 0.25) is 5.02 Å². The summed E-state index contributed by atoms with van der Waals surface area (Å²) in [5.41, 5.74) is 0.551. The first-order chi connectivity index (χ1) is 11.4. The maximum Gasteiger partial charge on any atom is 0.513 e. The summed E-state index contributed by atoms with van der Waals surface area (Å²) in [4.78, 5) is 37.0. The van der Waals surface area contributed by atoms with Crippen molar-refractivity contribution in [3.63, 3.8) is 0 Å². The molecule has 126 valence electrons. The first kappa shape index (κ1) is 16.4. The average molecular weight is 354 g/mol. The number of methoxy groups -OCH3 is 1. The lowest BCUT2D eigenvalue weighted by atomic mass is 9.93. The molecular weight excluding hydrogens is 341 g/mol. The molecule has 0 radical (unpaired) electrons. The predicted octanol–water partition coefficient (Wildman–Crippen LogP) is 3.37. The summed E-state index contributed by atoms with van der Waals surface area (Å²) in [5.74, 6) is -2.15. The van der Waals surface area contributed by atoms with E-state index in [2.05, 4.69) is 4.74 Å². The number of carbonyl (C=O) groups is 3. The van der Waals surface area contributed by atoms with E-state index in [1.54, 1.807) is 0 Å². The van der Waals surface area contributed by atoms with Crippen molar-refractivity contribution in [3.05, 3.63) is 34.1 Å². The van der Waals surface area contributed by atoms with Crippen molar-refractivity contribution < 1.29 is 28.2 Å². The third-order valence-corrected chi connectivity index (χ3v) is 4.29. The highest BCUT2D eigenvalue weighted by molar-refractivity contribution is 6.34. The van der Waals surface area contributed by atoms with E-state index < -0.39 is 23.8 Å². The number of rotatable bonds is 2. The molecule has 24 heavy (non-hydrogen) atoms. The van der Waals surface area contributed by atoms with Gasteiger partial charge in [0.25, 0.3) is 11.8 Å². The molecule has 1 aromatic carbocycles. The topological polar surface area (TPSA) is 72.9 Å². The number of hydrogen-bond acceptors (Lipinski definition) is 5. The van der Waals surface area contributed by atoms with Crippen molar-refractivity contribution in [2.75, 3.05) is 12.0 Å². The molecule has 0 N–H and O–H groups in total. The SMILES string of the molecule is COC(=O)Oc1cc(N2C(=O)C3=C(CCCC3)C2=O)c(F)cc1Cl. The molecule has 3 rings (SSSR count). The Labute approximate surface area is 141 Å². The number of ether oxygens (including phenoxy) is 2. The summed E-state index contributed by atoms with van der Waals surface area (Å²) in [6.45, 7) is 0. The van der Waals surface area contributed by atoms with Crippen LogP contribution >= 0.6 is 11.6 Å². The molecular formula is C16H13ClFNO5. The number of halogens is 2. The maximum atomic E-state index is 14.3. The third-order valence-electron chi connectivity index (χ3n) is 3.99. The summed E-state index contributed by atoms with van der Waals surface area (Å²) in [5, 5.41) is -0.182. The number of nitrogens with zero attached hydrogens (tertiary/aromatic N) is 1. The molecule has 0 aromatic heterocycles. The zero-order valence-corrected chi connectivity index (χ0v) is 13.5. The number of benzene rings is 1. The van der Waals surface area contributed by atoms with Gasteiger partial charge in [0.15, 0.2) is 5.75 Å². The minimum atomic E-state index is -1.05. The summed E-state index contributed by atoms with van der Waals surface area (Å²) >= 11 is 5.83. The highest BCUT2D eigenvalue weighted by Crippen LogP contribution is 2.39. The van der Waals surface area contributed by atoms with Crippen molar-refractivity contribution in [1.29, 1.82) is 0 Å². The van der Waals surface area contributed by atoms with Crippen LogP contribution in [0.1, 0.15) is 25.7 Å². The van der Waals surface area contributed by atoms with Gasteiger partial charge in [-0.2, -0.15) is 0 Å². The average Bonchev–Trinajstić information content (AvgIpc) is 2.82. The molecule has 1 aliphatic heterocycles. The van der Waals surface area contributed by atoms with Crippen molar-refractivity contribution in [2.45, 2.75) is 25.7 Å². The predicted molar refractivity (Wildman–Crippen MR) is 82.4 cm³/mol. The van der Waals surface area contributed by atoms with Crippen LogP contribution < -0.4 is 9.64 Å². The largest absolute Gasteiger partial charge is 0.513 e. The molecule has 0 saturated heterocycles. The molecule has 6 nitrogen and oxygen atoms in total. The van der Waals surface area contributed by atoms with Gasteiger partial charge in [-0.25, -0.2) is 14.1 Å². The normalized spacial score (nSPS) is 17.2. The Hall–Kier alpha value is -2.41. The Bertz CT molecular complexity index is 761. The summed E-state index contributed by atoms with van der Waals surface area (Å²) in [6, 6.07) is 1.93. The van der Waals surface area contributed by atoms with Crippen molar-refractivity contribution >= 4 is 35.3 Å². The number of imide groups is 1. The van der Waals surface area contributed by atoms with Crippen LogP contribution in [-0.2, 0) is 14.3 Å². The van der Waals surface area contributed by atoms with Crippen LogP contribution in [0.3, 0.4) is 0 Å². The van der Waals surface area contributed by atoms with Crippen molar-refractivity contribution in [2.24, 2.45) is 0 Å². The Balaban J connectivity index is 2.01. The quantitative estimate of drug-likeness (QED) is 0.463. The van der Waals surface area contributed by atoms with Crippen LogP contribution in [0.4, 0.5) is 14.9 Å². The van der Waals surface area contributed by atoms with E-state index in [1.807, 2.05) is 0 Å². The fourth-order valence-corrected chi connectivity index (χ4v) is 3.05. The molecule has 1 aromatic rings. The first-order valence-corrected chi connectivity index (χ1v) is 7.67. The van der Waals surface area contributed by atoms with Gasteiger partial charge in [-0.1, -0.05) is 11.6 Å². The number of amides is 2. The van der Waals surface area contributed by atoms with E-state index >= 15 is 0 Å². The molecule has 2 amide bonds. The smallest absolute Gasteiger partial charge is 0.437 e. The highest BCUT2D eigenvalue weighted by atomic mass is 35.5. The van der Waals surface area contributed by atoms with Crippen LogP contribution in [0.5, 0.6) is 5.75 Å². The summed E-state index contributed by atoms with van der Waals surface area (Å²) in [6.07, 6.45) is 1.57. The van der Waals surface area contributed by atoms with Crippen LogP contribution in [0.25, 0.3) is 0 Å². The Morgan fingerprint density at radius 1 is 1.17 bits per heavy atom. The molecule has 0 fully saturated rings. The summed E-state index contributed by atoms with van der Waals surface area (Å²) in [7, 11) is 1.10. The fourth-order valence-electron chi connectivity index (χ4n) is 2.86. The zero-order valence-electron chi connectivity index (χ0n) is 12.7. The van der Waals surface area contributed by atoms with Gasteiger partial charge in [-0.3, -0.25) is 9.59 Å². The van der Waals surface area contributed by atoms with Gasteiger partial charge in [0.2, 0.25) is 0 Å². The second kappa shape index (κ2) is 6.24. The Morgan fingerprint density at radius 3 is 2.29 bits per heavy atom. The van der Waals surface area contributed by atoms with Gasteiger partial charge in [0, 0.05) is 17.2 Å². The first-order valence-electron chi connectivity index (χ1n) is 7.29. The molecule has 2 aliphatic rings. The molecule has 1 heterocycles. The number of hydrogen-bond donors (Lipinski definition) is 0. The molecule has 0 unspecified atom stereocenters. The molecule has 8 heteroatoms. The second-order valence-corrected chi connectivity index (χ2v) is 5.81. The maximum absolute atomic E-state index is 14.3.